The maximum absolute atomic E-state index is 13.4. The summed E-state index contributed by atoms with van der Waals surface area (Å²) in [7, 11) is -4.48. The molecule has 0 atom stereocenters. The maximum Gasteiger partial charge on any atom is 0.296 e. The molecular weight excluding hydrogens is 285 g/mol. The van der Waals surface area contributed by atoms with Gasteiger partial charge in [-0.05, 0) is 24.3 Å². The fourth-order valence-electron chi connectivity index (χ4n) is 1.63. The van der Waals surface area contributed by atoms with Crippen molar-refractivity contribution in [1.82, 2.24) is 0 Å². The second kappa shape index (κ2) is 5.40. The summed E-state index contributed by atoms with van der Waals surface area (Å²) in [6, 6.07) is 10.6. The van der Waals surface area contributed by atoms with E-state index in [-0.39, 0.29) is 11.3 Å². The Bertz CT molecular complexity index is 758. The second-order valence-corrected chi connectivity index (χ2v) is 5.30. The summed E-state index contributed by atoms with van der Waals surface area (Å²) < 4.78 is 44.8. The van der Waals surface area contributed by atoms with E-state index in [0.717, 1.165) is 12.1 Å². The molecule has 2 rings (SSSR count). The van der Waals surface area contributed by atoms with Crippen molar-refractivity contribution in [3.05, 3.63) is 59.9 Å². The lowest BCUT2D eigenvalue weighted by Crippen LogP contribution is -2.16. The smallest absolute Gasteiger partial charge is 0.296 e. The number of halogens is 1. The van der Waals surface area contributed by atoms with Gasteiger partial charge in [0, 0.05) is 0 Å². The number of hydrogen-bond acceptors (Lipinski definition) is 3. The first-order valence-corrected chi connectivity index (χ1v) is 6.96. The first-order chi connectivity index (χ1) is 9.39. The van der Waals surface area contributed by atoms with E-state index >= 15 is 0 Å². The molecule has 20 heavy (non-hydrogen) atoms. The lowest BCUT2D eigenvalue weighted by atomic mass is 10.2. The van der Waals surface area contributed by atoms with Crippen LogP contribution in [0.4, 0.5) is 10.1 Å². The van der Waals surface area contributed by atoms with Crippen molar-refractivity contribution in [3.63, 3.8) is 0 Å². The predicted molar refractivity (Wildman–Crippen MR) is 70.6 cm³/mol. The molecule has 0 unspecified atom stereocenters. The highest BCUT2D eigenvalue weighted by atomic mass is 32.2. The van der Waals surface area contributed by atoms with Crippen LogP contribution in [0, 0.1) is 5.82 Å². The van der Waals surface area contributed by atoms with E-state index in [2.05, 4.69) is 5.32 Å². The summed E-state index contributed by atoms with van der Waals surface area (Å²) in [5, 5.41) is 2.26. The number of benzene rings is 2. The van der Waals surface area contributed by atoms with Gasteiger partial charge < -0.3 is 5.32 Å². The molecule has 0 spiro atoms. The van der Waals surface area contributed by atoms with Gasteiger partial charge in [-0.15, -0.1) is 0 Å². The third kappa shape index (κ3) is 3.01. The molecule has 0 radical (unpaired) electrons. The molecule has 7 heteroatoms. The molecule has 2 aromatic rings. The largest absolute Gasteiger partial charge is 0.321 e. The standard InChI is InChI=1S/C13H10FNO4S/c14-10-6-2-1-5-9(10)13(16)15-11-7-3-4-8-12(11)20(17,18)19/h1-8H,(H,15,16)(H,17,18,19). The summed E-state index contributed by atoms with van der Waals surface area (Å²) in [5.74, 6) is -1.53. The molecule has 0 aromatic heterocycles. The lowest BCUT2D eigenvalue weighted by molar-refractivity contribution is 0.102. The molecule has 5 nitrogen and oxygen atoms in total. The van der Waals surface area contributed by atoms with E-state index in [9.17, 15) is 17.6 Å². The molecule has 0 aliphatic rings. The number of amides is 1. The number of nitrogens with one attached hydrogen (secondary N) is 1. The first-order valence-electron chi connectivity index (χ1n) is 5.52. The van der Waals surface area contributed by atoms with Gasteiger partial charge in [-0.3, -0.25) is 9.35 Å². The predicted octanol–water partition coefficient (Wildman–Crippen LogP) is 2.32. The molecule has 1 amide bonds. The van der Waals surface area contributed by atoms with Gasteiger partial charge in [0.15, 0.2) is 0 Å². The van der Waals surface area contributed by atoms with E-state index in [1.165, 1.54) is 36.4 Å². The van der Waals surface area contributed by atoms with Crippen molar-refractivity contribution in [2.45, 2.75) is 4.90 Å². The number of anilines is 1. The van der Waals surface area contributed by atoms with E-state index in [1.807, 2.05) is 0 Å². The van der Waals surface area contributed by atoms with Gasteiger partial charge in [-0.2, -0.15) is 8.42 Å². The Morgan fingerprint density at radius 2 is 1.65 bits per heavy atom. The van der Waals surface area contributed by atoms with Gasteiger partial charge in [0.05, 0.1) is 11.3 Å². The Morgan fingerprint density at radius 1 is 1.05 bits per heavy atom. The molecule has 0 saturated heterocycles. The SMILES string of the molecule is O=C(Nc1ccccc1S(=O)(=O)O)c1ccccc1F. The molecule has 0 aliphatic heterocycles. The minimum atomic E-state index is -4.48. The maximum atomic E-state index is 13.4. The van der Waals surface area contributed by atoms with Crippen LogP contribution < -0.4 is 5.32 Å². The van der Waals surface area contributed by atoms with E-state index in [4.69, 9.17) is 4.55 Å². The highest BCUT2D eigenvalue weighted by Gasteiger charge is 2.18. The average Bonchev–Trinajstić information content (AvgIpc) is 2.38. The van der Waals surface area contributed by atoms with Gasteiger partial charge in [-0.1, -0.05) is 24.3 Å². The summed E-state index contributed by atoms with van der Waals surface area (Å²) in [6.45, 7) is 0. The monoisotopic (exact) mass is 295 g/mol. The molecular formula is C13H10FNO4S. The molecule has 0 saturated carbocycles. The molecule has 2 aromatic carbocycles. The topological polar surface area (TPSA) is 83.5 Å². The average molecular weight is 295 g/mol. The van der Waals surface area contributed by atoms with Crippen molar-refractivity contribution < 1.29 is 22.2 Å². The molecule has 2 N–H and O–H groups in total. The van der Waals surface area contributed by atoms with Crippen LogP contribution in [0.1, 0.15) is 10.4 Å². The quantitative estimate of drug-likeness (QED) is 0.851. The number of hydrogen-bond donors (Lipinski definition) is 2. The van der Waals surface area contributed by atoms with Gasteiger partial charge in [0.2, 0.25) is 0 Å². The Balaban J connectivity index is 2.37. The first kappa shape index (κ1) is 14.2. The number of carbonyl (C=O) groups is 1. The fraction of sp³-hybridized carbons (Fsp3) is 0. The van der Waals surface area contributed by atoms with Crippen molar-refractivity contribution in [1.29, 1.82) is 0 Å². The number of para-hydroxylation sites is 1. The zero-order chi connectivity index (χ0) is 14.8. The van der Waals surface area contributed by atoms with Gasteiger partial charge in [-0.25, -0.2) is 4.39 Å². The Morgan fingerprint density at radius 3 is 2.30 bits per heavy atom. The number of rotatable bonds is 3. The van der Waals surface area contributed by atoms with Crippen LogP contribution in [0.5, 0.6) is 0 Å². The fourth-order valence-corrected chi connectivity index (χ4v) is 2.28. The minimum Gasteiger partial charge on any atom is -0.321 e. The van der Waals surface area contributed by atoms with Crippen LogP contribution in [-0.2, 0) is 10.1 Å². The highest BCUT2D eigenvalue weighted by Crippen LogP contribution is 2.21. The molecule has 0 aliphatic carbocycles. The molecule has 104 valence electrons. The Kier molecular flexibility index (Phi) is 3.82. The van der Waals surface area contributed by atoms with Crippen LogP contribution in [0.15, 0.2) is 53.4 Å². The number of carbonyl (C=O) groups excluding carboxylic acids is 1. The molecule has 0 heterocycles. The van der Waals surface area contributed by atoms with Crippen LogP contribution in [-0.4, -0.2) is 18.9 Å². The zero-order valence-electron chi connectivity index (χ0n) is 10.1. The van der Waals surface area contributed by atoms with Crippen LogP contribution in [0.2, 0.25) is 0 Å². The Hall–Kier alpha value is -2.25. The lowest BCUT2D eigenvalue weighted by Gasteiger charge is -2.09. The minimum absolute atomic E-state index is 0.122. The van der Waals surface area contributed by atoms with Crippen LogP contribution in [0.25, 0.3) is 0 Å². The molecule has 0 fully saturated rings. The third-order valence-corrected chi connectivity index (χ3v) is 3.44. The second-order valence-electron chi connectivity index (χ2n) is 3.91. The summed E-state index contributed by atoms with van der Waals surface area (Å²) >= 11 is 0. The normalized spacial score (nSPS) is 11.1. The zero-order valence-corrected chi connectivity index (χ0v) is 10.9. The van der Waals surface area contributed by atoms with Crippen LogP contribution >= 0.6 is 0 Å². The van der Waals surface area contributed by atoms with Gasteiger partial charge in [0.25, 0.3) is 16.0 Å². The van der Waals surface area contributed by atoms with Crippen LogP contribution in [0.3, 0.4) is 0 Å². The highest BCUT2D eigenvalue weighted by molar-refractivity contribution is 7.86. The van der Waals surface area contributed by atoms with E-state index in [1.54, 1.807) is 0 Å². The van der Waals surface area contributed by atoms with E-state index < -0.39 is 26.7 Å². The molecule has 0 bridgehead atoms. The van der Waals surface area contributed by atoms with Crippen molar-refractivity contribution in [2.24, 2.45) is 0 Å². The van der Waals surface area contributed by atoms with Gasteiger partial charge in [0.1, 0.15) is 10.7 Å². The summed E-state index contributed by atoms with van der Waals surface area (Å²) in [4.78, 5) is 11.4. The third-order valence-electron chi connectivity index (χ3n) is 2.53. The Labute approximate surface area is 114 Å². The summed E-state index contributed by atoms with van der Waals surface area (Å²) in [6.07, 6.45) is 0. The van der Waals surface area contributed by atoms with Crippen molar-refractivity contribution >= 4 is 21.7 Å². The van der Waals surface area contributed by atoms with Crippen molar-refractivity contribution in [2.75, 3.05) is 5.32 Å². The van der Waals surface area contributed by atoms with E-state index in [0.29, 0.717) is 0 Å². The van der Waals surface area contributed by atoms with Gasteiger partial charge >= 0.3 is 0 Å². The van der Waals surface area contributed by atoms with Crippen molar-refractivity contribution in [3.8, 4) is 0 Å². The summed E-state index contributed by atoms with van der Waals surface area (Å²) in [5.41, 5.74) is -0.346.